The second-order valence-corrected chi connectivity index (χ2v) is 5.03. The van der Waals surface area contributed by atoms with Gasteiger partial charge in [0.2, 0.25) is 0 Å². The fourth-order valence-electron chi connectivity index (χ4n) is 3.29. The molecule has 0 radical (unpaired) electrons. The van der Waals surface area contributed by atoms with Crippen molar-refractivity contribution in [2.45, 2.75) is 65.6 Å². The highest BCUT2D eigenvalue weighted by Crippen LogP contribution is 2.35. The molecule has 19 heavy (non-hydrogen) atoms. The zero-order valence-electron chi connectivity index (χ0n) is 13.2. The zero-order valence-corrected chi connectivity index (χ0v) is 13.2. The van der Waals surface area contributed by atoms with E-state index in [4.69, 9.17) is 5.73 Å². The molecule has 1 unspecified atom stereocenters. The van der Waals surface area contributed by atoms with Crippen LogP contribution < -0.4 is 5.73 Å². The van der Waals surface area contributed by atoms with Gasteiger partial charge in [-0.2, -0.15) is 0 Å². The maximum atomic E-state index is 6.64. The standard InChI is InChI=1S/C15H30N4/c1-6-15(7-2,19(9-4)10-5)13(16)14-17-11-12-18(14)8-3/h11-13H,6-10,16H2,1-5H3. The van der Waals surface area contributed by atoms with Gasteiger partial charge >= 0.3 is 0 Å². The number of likely N-dealkylation sites (N-methyl/N-ethyl adjacent to an activating group) is 1. The van der Waals surface area contributed by atoms with Crippen LogP contribution in [0.5, 0.6) is 0 Å². The number of aromatic nitrogens is 2. The summed E-state index contributed by atoms with van der Waals surface area (Å²) < 4.78 is 2.16. The molecule has 0 aliphatic rings. The number of hydrogen-bond acceptors (Lipinski definition) is 3. The van der Waals surface area contributed by atoms with Crippen LogP contribution in [-0.4, -0.2) is 33.1 Å². The van der Waals surface area contributed by atoms with Crippen molar-refractivity contribution in [1.82, 2.24) is 14.5 Å². The molecule has 0 amide bonds. The first kappa shape index (κ1) is 16.2. The summed E-state index contributed by atoms with van der Waals surface area (Å²) in [6, 6.07) is -0.0441. The van der Waals surface area contributed by atoms with E-state index in [1.165, 1.54) is 0 Å². The first-order chi connectivity index (χ1) is 9.11. The molecule has 1 aromatic rings. The van der Waals surface area contributed by atoms with Gasteiger partial charge in [-0.25, -0.2) is 4.98 Å². The Bertz CT molecular complexity index is 364. The normalized spacial score (nSPS) is 14.1. The molecule has 110 valence electrons. The van der Waals surface area contributed by atoms with Gasteiger partial charge in [-0.05, 0) is 32.9 Å². The maximum Gasteiger partial charge on any atom is 0.127 e. The average Bonchev–Trinajstić information content (AvgIpc) is 2.92. The van der Waals surface area contributed by atoms with Crippen molar-refractivity contribution in [3.8, 4) is 0 Å². The molecule has 4 nitrogen and oxygen atoms in total. The van der Waals surface area contributed by atoms with Gasteiger partial charge in [0.1, 0.15) is 5.82 Å². The molecular formula is C15H30N4. The van der Waals surface area contributed by atoms with Gasteiger partial charge in [0.05, 0.1) is 6.04 Å². The third-order valence-corrected chi connectivity index (χ3v) is 4.56. The molecule has 1 heterocycles. The Morgan fingerprint density at radius 1 is 1.21 bits per heavy atom. The van der Waals surface area contributed by atoms with Crippen molar-refractivity contribution in [2.75, 3.05) is 13.1 Å². The quantitative estimate of drug-likeness (QED) is 0.787. The highest BCUT2D eigenvalue weighted by Gasteiger charge is 2.40. The van der Waals surface area contributed by atoms with E-state index in [2.05, 4.69) is 49.1 Å². The molecular weight excluding hydrogens is 236 g/mol. The fourth-order valence-corrected chi connectivity index (χ4v) is 3.29. The largest absolute Gasteiger partial charge is 0.334 e. The third kappa shape index (κ3) is 2.84. The lowest BCUT2D eigenvalue weighted by molar-refractivity contribution is 0.0586. The highest BCUT2D eigenvalue weighted by atomic mass is 15.2. The van der Waals surface area contributed by atoms with Crippen LogP contribution in [0.2, 0.25) is 0 Å². The molecule has 0 aromatic carbocycles. The van der Waals surface area contributed by atoms with Crippen molar-refractivity contribution in [2.24, 2.45) is 5.73 Å². The minimum Gasteiger partial charge on any atom is -0.334 e. The first-order valence-corrected chi connectivity index (χ1v) is 7.62. The van der Waals surface area contributed by atoms with E-state index in [1.807, 2.05) is 12.4 Å². The van der Waals surface area contributed by atoms with Crippen LogP contribution >= 0.6 is 0 Å². The summed E-state index contributed by atoms with van der Waals surface area (Å²) in [7, 11) is 0. The summed E-state index contributed by atoms with van der Waals surface area (Å²) in [6.45, 7) is 14.0. The van der Waals surface area contributed by atoms with Gasteiger partial charge in [0, 0.05) is 24.5 Å². The Kier molecular flexibility index (Phi) is 6.01. The van der Waals surface area contributed by atoms with E-state index >= 15 is 0 Å². The van der Waals surface area contributed by atoms with E-state index in [-0.39, 0.29) is 11.6 Å². The minimum atomic E-state index is -0.0441. The summed E-state index contributed by atoms with van der Waals surface area (Å²) in [4.78, 5) is 7.00. The summed E-state index contributed by atoms with van der Waals surface area (Å²) >= 11 is 0. The summed E-state index contributed by atoms with van der Waals surface area (Å²) in [6.07, 6.45) is 5.97. The molecule has 0 aliphatic carbocycles. The van der Waals surface area contributed by atoms with Crippen molar-refractivity contribution in [1.29, 1.82) is 0 Å². The highest BCUT2D eigenvalue weighted by molar-refractivity contribution is 5.09. The van der Waals surface area contributed by atoms with Crippen LogP contribution in [-0.2, 0) is 6.54 Å². The van der Waals surface area contributed by atoms with E-state index in [1.54, 1.807) is 0 Å². The molecule has 0 saturated heterocycles. The summed E-state index contributed by atoms with van der Waals surface area (Å²) in [5.41, 5.74) is 6.64. The Morgan fingerprint density at radius 3 is 2.21 bits per heavy atom. The SMILES string of the molecule is CCN(CC)C(CC)(CC)C(N)c1nccn1CC. The van der Waals surface area contributed by atoms with E-state index in [0.29, 0.717) is 0 Å². The monoisotopic (exact) mass is 266 g/mol. The predicted octanol–water partition coefficient (Wildman–Crippen LogP) is 2.80. The zero-order chi connectivity index (χ0) is 14.5. The van der Waals surface area contributed by atoms with Gasteiger partial charge < -0.3 is 10.3 Å². The van der Waals surface area contributed by atoms with Crippen LogP contribution in [0.15, 0.2) is 12.4 Å². The van der Waals surface area contributed by atoms with Crippen LogP contribution in [0.1, 0.15) is 59.3 Å². The van der Waals surface area contributed by atoms with Gasteiger partial charge in [-0.15, -0.1) is 0 Å². The van der Waals surface area contributed by atoms with E-state index in [9.17, 15) is 0 Å². The third-order valence-electron chi connectivity index (χ3n) is 4.56. The second kappa shape index (κ2) is 7.06. The van der Waals surface area contributed by atoms with Crippen LogP contribution in [0.4, 0.5) is 0 Å². The number of nitrogens with two attached hydrogens (primary N) is 1. The van der Waals surface area contributed by atoms with Gasteiger partial charge in [-0.3, -0.25) is 4.90 Å². The average molecular weight is 266 g/mol. The van der Waals surface area contributed by atoms with Crippen LogP contribution in [0, 0.1) is 0 Å². The molecule has 0 aliphatic heterocycles. The molecule has 0 saturated carbocycles. The number of imidazole rings is 1. The molecule has 4 heteroatoms. The second-order valence-electron chi connectivity index (χ2n) is 5.03. The summed E-state index contributed by atoms with van der Waals surface area (Å²) in [5.74, 6) is 1.01. The van der Waals surface area contributed by atoms with Gasteiger partial charge in [-0.1, -0.05) is 27.7 Å². The lowest BCUT2D eigenvalue weighted by Crippen LogP contribution is -2.55. The molecule has 1 atom stereocenters. The van der Waals surface area contributed by atoms with Gasteiger partial charge in [0.15, 0.2) is 0 Å². The lowest BCUT2D eigenvalue weighted by atomic mass is 9.82. The molecule has 0 spiro atoms. The molecule has 1 rings (SSSR count). The Hall–Kier alpha value is -0.870. The topological polar surface area (TPSA) is 47.1 Å². The smallest absolute Gasteiger partial charge is 0.127 e. The fraction of sp³-hybridized carbons (Fsp3) is 0.800. The van der Waals surface area contributed by atoms with Gasteiger partial charge in [0.25, 0.3) is 0 Å². The molecule has 1 aromatic heterocycles. The predicted molar refractivity (Wildman–Crippen MR) is 81.1 cm³/mol. The number of rotatable bonds is 8. The van der Waals surface area contributed by atoms with Crippen molar-refractivity contribution >= 4 is 0 Å². The Labute approximate surface area is 118 Å². The Morgan fingerprint density at radius 2 is 1.79 bits per heavy atom. The molecule has 2 N–H and O–H groups in total. The number of aryl methyl sites for hydroxylation is 1. The van der Waals surface area contributed by atoms with Crippen LogP contribution in [0.3, 0.4) is 0 Å². The minimum absolute atomic E-state index is 0.00176. The Balaban J connectivity index is 3.18. The number of hydrogen-bond donors (Lipinski definition) is 1. The van der Waals surface area contributed by atoms with E-state index < -0.39 is 0 Å². The van der Waals surface area contributed by atoms with Crippen molar-refractivity contribution in [3.05, 3.63) is 18.2 Å². The lowest BCUT2D eigenvalue weighted by Gasteiger charge is -2.46. The molecule has 0 bridgehead atoms. The first-order valence-electron chi connectivity index (χ1n) is 7.62. The van der Waals surface area contributed by atoms with E-state index in [0.717, 1.165) is 38.3 Å². The van der Waals surface area contributed by atoms with Crippen molar-refractivity contribution in [3.63, 3.8) is 0 Å². The molecule has 0 fully saturated rings. The summed E-state index contributed by atoms with van der Waals surface area (Å²) in [5, 5.41) is 0. The maximum absolute atomic E-state index is 6.64. The number of nitrogens with zero attached hydrogens (tertiary/aromatic N) is 3. The van der Waals surface area contributed by atoms with Crippen molar-refractivity contribution < 1.29 is 0 Å². The van der Waals surface area contributed by atoms with Crippen LogP contribution in [0.25, 0.3) is 0 Å².